The highest BCUT2D eigenvalue weighted by Gasteiger charge is 2.24. The molecule has 0 aliphatic carbocycles. The fraction of sp³-hybridized carbons (Fsp3) is 0.0625. The van der Waals surface area contributed by atoms with Gasteiger partial charge in [0.1, 0.15) is 0 Å². The Labute approximate surface area is 308 Å². The van der Waals surface area contributed by atoms with Crippen LogP contribution < -0.4 is 22.9 Å². The predicted molar refractivity (Wildman–Crippen MR) is 203 cm³/mol. The summed E-state index contributed by atoms with van der Waals surface area (Å²) in [4.78, 5) is 0. The first kappa shape index (κ1) is 33.7. The van der Waals surface area contributed by atoms with Crippen molar-refractivity contribution in [3.05, 3.63) is 144 Å². The van der Waals surface area contributed by atoms with Crippen molar-refractivity contribution in [2.75, 3.05) is 22.9 Å². The van der Waals surface area contributed by atoms with Crippen LogP contribution in [-0.2, 0) is 0 Å². The van der Waals surface area contributed by atoms with Gasteiger partial charge in [0.15, 0.2) is 0 Å². The van der Waals surface area contributed by atoms with Gasteiger partial charge in [-0.25, -0.2) is 0 Å². The quantitative estimate of drug-likeness (QED) is 0.101. The number of halogens is 8. The van der Waals surface area contributed by atoms with Gasteiger partial charge in [0, 0.05) is 29.7 Å². The third-order valence-electron chi connectivity index (χ3n) is 7.34. The summed E-state index contributed by atoms with van der Waals surface area (Å²) in [5.41, 5.74) is 32.1. The highest BCUT2D eigenvalue weighted by Crippen LogP contribution is 2.44. The summed E-state index contributed by atoms with van der Waals surface area (Å²) in [5, 5.41) is 1.75. The molecule has 0 fully saturated rings. The lowest BCUT2D eigenvalue weighted by molar-refractivity contribution is 0.949. The summed E-state index contributed by atoms with van der Waals surface area (Å²) in [6.45, 7) is 0. The van der Waals surface area contributed by atoms with E-state index in [2.05, 4.69) is 88.0 Å². The van der Waals surface area contributed by atoms with Crippen LogP contribution in [0.5, 0.6) is 0 Å². The van der Waals surface area contributed by atoms with E-state index in [0.717, 1.165) is 33.4 Å². The van der Waals surface area contributed by atoms with E-state index in [4.69, 9.17) is 69.3 Å². The van der Waals surface area contributed by atoms with E-state index in [0.29, 0.717) is 60.7 Å². The monoisotopic (exact) mass is 918 g/mol. The molecule has 4 nitrogen and oxygen atoms in total. The lowest BCUT2D eigenvalue weighted by Gasteiger charge is -2.24. The number of anilines is 4. The van der Waals surface area contributed by atoms with Gasteiger partial charge in [0.2, 0.25) is 0 Å². The van der Waals surface area contributed by atoms with Gasteiger partial charge in [-0.2, -0.15) is 0 Å². The topological polar surface area (TPSA) is 104 Å². The lowest BCUT2D eigenvalue weighted by atomic mass is 9.81. The second-order valence-electron chi connectivity index (χ2n) is 10.1. The van der Waals surface area contributed by atoms with Crippen molar-refractivity contribution < 1.29 is 0 Å². The van der Waals surface area contributed by atoms with Crippen molar-refractivity contribution in [1.29, 1.82) is 0 Å². The first-order valence-electron chi connectivity index (χ1n) is 12.8. The molecule has 12 heteroatoms. The molecule has 5 aromatic rings. The molecule has 0 saturated carbocycles. The molecule has 0 saturated heterocycles. The minimum Gasteiger partial charge on any atom is -0.397 e. The van der Waals surface area contributed by atoms with E-state index in [-0.39, 0.29) is 11.8 Å². The Bertz CT molecular complexity index is 1570. The molecule has 0 aliphatic rings. The van der Waals surface area contributed by atoms with Crippen LogP contribution in [0.4, 0.5) is 22.7 Å². The van der Waals surface area contributed by atoms with Crippen molar-refractivity contribution in [2.45, 2.75) is 11.8 Å². The standard InChI is InChI=1S/C32H22Br4Cl4N4/c33-19-5-15(9-23(37)29(19)41)27(16-6-20(34)30(42)24(38)10-16)13-1-2-14(4-3-13)28(17-7-21(35)31(43)25(39)11-17)18-8-22(36)32(44)26(40)12-18/h1-12,27-28H,41-44H2. The first-order valence-corrected chi connectivity index (χ1v) is 17.5. The fourth-order valence-corrected chi connectivity index (χ4v) is 8.40. The highest BCUT2D eigenvalue weighted by atomic mass is 79.9. The van der Waals surface area contributed by atoms with E-state index in [9.17, 15) is 0 Å². The fourth-order valence-electron chi connectivity index (χ4n) is 5.12. The number of nitrogen functional groups attached to an aromatic ring is 4. The van der Waals surface area contributed by atoms with Gasteiger partial charge < -0.3 is 22.9 Å². The van der Waals surface area contributed by atoms with Gasteiger partial charge in [-0.1, -0.05) is 70.7 Å². The van der Waals surface area contributed by atoms with E-state index in [1.807, 2.05) is 48.5 Å². The molecule has 0 bridgehead atoms. The Morgan fingerprint density at radius 2 is 0.568 bits per heavy atom. The second-order valence-corrected chi connectivity index (χ2v) is 15.2. The maximum Gasteiger partial charge on any atom is 0.0650 e. The lowest BCUT2D eigenvalue weighted by Crippen LogP contribution is -2.08. The third-order valence-corrected chi connectivity index (χ3v) is 11.2. The molecule has 5 aromatic carbocycles. The van der Waals surface area contributed by atoms with Crippen LogP contribution in [0.3, 0.4) is 0 Å². The van der Waals surface area contributed by atoms with Gasteiger partial charge >= 0.3 is 0 Å². The average molecular weight is 924 g/mol. The first-order chi connectivity index (χ1) is 20.8. The smallest absolute Gasteiger partial charge is 0.0650 e. The molecule has 0 atom stereocenters. The summed E-state index contributed by atoms with van der Waals surface area (Å²) in [6, 6.07) is 23.6. The van der Waals surface area contributed by atoms with E-state index < -0.39 is 0 Å². The number of hydrogen-bond donors (Lipinski definition) is 4. The molecular weight excluding hydrogens is 902 g/mol. The van der Waals surface area contributed by atoms with Crippen LogP contribution in [0, 0.1) is 0 Å². The summed E-state index contributed by atoms with van der Waals surface area (Å²) >= 11 is 40.4. The van der Waals surface area contributed by atoms with E-state index in [1.54, 1.807) is 0 Å². The molecule has 0 unspecified atom stereocenters. The minimum atomic E-state index is -0.258. The van der Waals surface area contributed by atoms with E-state index in [1.165, 1.54) is 0 Å². The molecular formula is C32H22Br4Cl4N4. The molecule has 8 N–H and O–H groups in total. The van der Waals surface area contributed by atoms with Crippen LogP contribution in [0.2, 0.25) is 20.1 Å². The Morgan fingerprint density at radius 1 is 0.364 bits per heavy atom. The van der Waals surface area contributed by atoms with Crippen molar-refractivity contribution in [1.82, 2.24) is 0 Å². The molecule has 0 amide bonds. The third kappa shape index (κ3) is 6.74. The zero-order valence-electron chi connectivity index (χ0n) is 22.4. The molecule has 0 aliphatic heterocycles. The highest BCUT2D eigenvalue weighted by molar-refractivity contribution is 9.11. The van der Waals surface area contributed by atoms with Gasteiger partial charge in [0.05, 0.1) is 42.8 Å². The molecule has 44 heavy (non-hydrogen) atoms. The predicted octanol–water partition coefficient (Wildman–Crippen LogP) is 12.0. The van der Waals surface area contributed by atoms with Crippen molar-refractivity contribution in [3.63, 3.8) is 0 Å². The SMILES string of the molecule is Nc1c(Cl)cc(C(c2ccc(C(c3cc(Cl)c(N)c(Br)c3)c3cc(Cl)c(N)c(Br)c3)cc2)c2cc(Cl)c(N)c(Br)c2)cc1Br. The number of hydrogen-bond acceptors (Lipinski definition) is 4. The second kappa shape index (κ2) is 13.6. The van der Waals surface area contributed by atoms with Gasteiger partial charge in [-0.3, -0.25) is 0 Å². The zero-order valence-corrected chi connectivity index (χ0v) is 31.8. The van der Waals surface area contributed by atoms with Gasteiger partial charge in [0.25, 0.3) is 0 Å². The molecule has 0 spiro atoms. The van der Waals surface area contributed by atoms with Crippen LogP contribution in [0.25, 0.3) is 0 Å². The summed E-state index contributed by atoms with van der Waals surface area (Å²) in [7, 11) is 0. The normalized spacial score (nSPS) is 11.5. The summed E-state index contributed by atoms with van der Waals surface area (Å²) in [6.07, 6.45) is 0. The van der Waals surface area contributed by atoms with Crippen LogP contribution >= 0.6 is 110 Å². The van der Waals surface area contributed by atoms with E-state index >= 15 is 0 Å². The van der Waals surface area contributed by atoms with Gasteiger partial charge in [-0.05, 0) is 146 Å². The molecule has 0 aromatic heterocycles. The Kier molecular flexibility index (Phi) is 10.4. The average Bonchev–Trinajstić information content (AvgIpc) is 2.97. The maximum atomic E-state index is 6.54. The summed E-state index contributed by atoms with van der Waals surface area (Å²) < 4.78 is 2.77. The Hall–Kier alpha value is -1.62. The maximum absolute atomic E-state index is 6.54. The Morgan fingerprint density at radius 3 is 0.750 bits per heavy atom. The van der Waals surface area contributed by atoms with Crippen LogP contribution in [-0.4, -0.2) is 0 Å². The van der Waals surface area contributed by atoms with Crippen LogP contribution in [0.1, 0.15) is 45.2 Å². The largest absolute Gasteiger partial charge is 0.397 e. The minimum absolute atomic E-state index is 0.258. The molecule has 5 rings (SSSR count). The summed E-state index contributed by atoms with van der Waals surface area (Å²) in [5.74, 6) is -0.516. The van der Waals surface area contributed by atoms with Crippen molar-refractivity contribution in [2.24, 2.45) is 0 Å². The number of nitrogens with two attached hydrogens (primary N) is 4. The zero-order chi connectivity index (χ0) is 32.0. The van der Waals surface area contributed by atoms with Crippen molar-refractivity contribution >= 4 is 133 Å². The number of benzene rings is 5. The van der Waals surface area contributed by atoms with Crippen LogP contribution in [0.15, 0.2) is 90.7 Å². The number of rotatable bonds is 6. The molecule has 0 radical (unpaired) electrons. The molecule has 226 valence electrons. The molecule has 0 heterocycles. The Balaban J connectivity index is 1.70. The van der Waals surface area contributed by atoms with Crippen molar-refractivity contribution in [3.8, 4) is 0 Å². The van der Waals surface area contributed by atoms with Gasteiger partial charge in [-0.15, -0.1) is 0 Å².